The maximum absolute atomic E-state index is 11.7. The number of ether oxygens (including phenoxy) is 2. The topological polar surface area (TPSA) is 78.7 Å². The lowest BCUT2D eigenvalue weighted by Crippen LogP contribution is -2.04. The third-order valence-electron chi connectivity index (χ3n) is 2.63. The summed E-state index contributed by atoms with van der Waals surface area (Å²) in [4.78, 5) is 22.2. The van der Waals surface area contributed by atoms with Crippen LogP contribution in [0.1, 0.15) is 10.4 Å². The molecule has 0 aromatic heterocycles. The molecule has 0 amide bonds. The smallest absolute Gasteiger partial charge is 0.341 e. The molecule has 6 nitrogen and oxygen atoms in total. The van der Waals surface area contributed by atoms with Crippen molar-refractivity contribution in [3.63, 3.8) is 0 Å². The Morgan fingerprint density at radius 2 is 1.90 bits per heavy atom. The molecule has 21 heavy (non-hydrogen) atoms. The Bertz CT molecular complexity index is 702. The number of carbonyl (C=O) groups excluding carboxylic acids is 1. The molecule has 2 aromatic carbocycles. The van der Waals surface area contributed by atoms with Crippen LogP contribution in [-0.4, -0.2) is 18.0 Å². The van der Waals surface area contributed by atoms with Gasteiger partial charge in [-0.3, -0.25) is 10.1 Å². The van der Waals surface area contributed by atoms with Crippen molar-refractivity contribution >= 4 is 27.6 Å². The number of esters is 1. The number of nitrogens with zero attached hydrogens (tertiary/aromatic N) is 1. The second-order valence-electron chi connectivity index (χ2n) is 3.96. The molecule has 0 saturated carbocycles. The summed E-state index contributed by atoms with van der Waals surface area (Å²) >= 11 is 3.16. The zero-order valence-corrected chi connectivity index (χ0v) is 12.5. The summed E-state index contributed by atoms with van der Waals surface area (Å²) in [6, 6.07) is 10.8. The average Bonchev–Trinajstić information content (AvgIpc) is 2.48. The number of hydrogen-bond acceptors (Lipinski definition) is 5. The molecule has 2 aromatic rings. The first kappa shape index (κ1) is 15.0. The van der Waals surface area contributed by atoms with Crippen molar-refractivity contribution < 1.29 is 19.2 Å². The van der Waals surface area contributed by atoms with E-state index < -0.39 is 10.9 Å². The summed E-state index contributed by atoms with van der Waals surface area (Å²) in [5, 5.41) is 11.1. The van der Waals surface area contributed by atoms with Crippen molar-refractivity contribution in [2.45, 2.75) is 0 Å². The predicted molar refractivity (Wildman–Crippen MR) is 78.7 cm³/mol. The second kappa shape index (κ2) is 6.36. The van der Waals surface area contributed by atoms with Crippen molar-refractivity contribution in [1.29, 1.82) is 0 Å². The van der Waals surface area contributed by atoms with Gasteiger partial charge in [-0.1, -0.05) is 28.1 Å². The molecule has 0 unspecified atom stereocenters. The molecule has 0 radical (unpaired) electrons. The summed E-state index contributed by atoms with van der Waals surface area (Å²) in [5.74, 6) is -0.348. The molecule has 0 atom stereocenters. The van der Waals surface area contributed by atoms with Crippen molar-refractivity contribution in [2.24, 2.45) is 0 Å². The van der Waals surface area contributed by atoms with E-state index in [0.29, 0.717) is 4.47 Å². The van der Waals surface area contributed by atoms with E-state index in [1.165, 1.54) is 31.4 Å². The molecule has 0 bridgehead atoms. The quantitative estimate of drug-likeness (QED) is 0.473. The number of hydrogen-bond donors (Lipinski definition) is 0. The molecule has 0 saturated heterocycles. The molecule has 0 aliphatic carbocycles. The van der Waals surface area contributed by atoms with Crippen molar-refractivity contribution in [3.8, 4) is 11.5 Å². The number of nitro benzene ring substituents is 1. The Morgan fingerprint density at radius 1 is 1.19 bits per heavy atom. The van der Waals surface area contributed by atoms with Gasteiger partial charge in [-0.25, -0.2) is 4.79 Å². The number of carbonyl (C=O) groups is 1. The highest BCUT2D eigenvalue weighted by molar-refractivity contribution is 9.10. The monoisotopic (exact) mass is 351 g/mol. The van der Waals surface area contributed by atoms with Crippen LogP contribution in [0.2, 0.25) is 0 Å². The first-order valence-electron chi connectivity index (χ1n) is 5.82. The molecular formula is C14H10BrNO5. The first-order chi connectivity index (χ1) is 10.0. The maximum atomic E-state index is 11.7. The summed E-state index contributed by atoms with van der Waals surface area (Å²) in [6.07, 6.45) is 0. The van der Waals surface area contributed by atoms with E-state index in [2.05, 4.69) is 20.7 Å². The molecule has 7 heteroatoms. The second-order valence-corrected chi connectivity index (χ2v) is 4.87. The minimum atomic E-state index is -0.578. The largest absolute Gasteiger partial charge is 0.465 e. The Morgan fingerprint density at radius 3 is 2.57 bits per heavy atom. The van der Waals surface area contributed by atoms with E-state index >= 15 is 0 Å². The third kappa shape index (κ3) is 3.38. The van der Waals surface area contributed by atoms with Crippen LogP contribution in [0.4, 0.5) is 5.69 Å². The van der Waals surface area contributed by atoms with Gasteiger partial charge in [-0.05, 0) is 24.3 Å². The van der Waals surface area contributed by atoms with Gasteiger partial charge in [0.15, 0.2) is 0 Å². The first-order valence-corrected chi connectivity index (χ1v) is 6.61. The standard InChI is InChI=1S/C14H10BrNO5/c1-20-14(17)10-4-2-3-5-12(10)21-13-7-6-9(15)8-11(13)16(18)19/h2-8H,1H3. The number of para-hydroxylation sites is 1. The molecule has 2 rings (SSSR count). The Balaban J connectivity index is 2.44. The van der Waals surface area contributed by atoms with E-state index in [-0.39, 0.29) is 22.7 Å². The zero-order chi connectivity index (χ0) is 15.4. The fourth-order valence-electron chi connectivity index (χ4n) is 1.67. The fourth-order valence-corrected chi connectivity index (χ4v) is 2.02. The summed E-state index contributed by atoms with van der Waals surface area (Å²) in [5.41, 5.74) is -0.0127. The van der Waals surface area contributed by atoms with Gasteiger partial charge in [0.2, 0.25) is 5.75 Å². The van der Waals surface area contributed by atoms with E-state index in [1.807, 2.05) is 0 Å². The van der Waals surface area contributed by atoms with E-state index in [4.69, 9.17) is 4.74 Å². The van der Waals surface area contributed by atoms with Crippen LogP contribution >= 0.6 is 15.9 Å². The number of benzene rings is 2. The minimum Gasteiger partial charge on any atom is -0.465 e. The highest BCUT2D eigenvalue weighted by atomic mass is 79.9. The number of halogens is 1. The molecule has 0 aliphatic heterocycles. The van der Waals surface area contributed by atoms with Gasteiger partial charge in [0.1, 0.15) is 11.3 Å². The van der Waals surface area contributed by atoms with Crippen molar-refractivity contribution in [1.82, 2.24) is 0 Å². The van der Waals surface area contributed by atoms with Gasteiger partial charge in [0.05, 0.1) is 12.0 Å². The van der Waals surface area contributed by atoms with Crippen LogP contribution in [0.15, 0.2) is 46.9 Å². The normalized spacial score (nSPS) is 10.0. The van der Waals surface area contributed by atoms with E-state index in [9.17, 15) is 14.9 Å². The fraction of sp³-hybridized carbons (Fsp3) is 0.0714. The van der Waals surface area contributed by atoms with Crippen LogP contribution in [0.5, 0.6) is 11.5 Å². The van der Waals surface area contributed by atoms with Crippen LogP contribution in [0, 0.1) is 10.1 Å². The SMILES string of the molecule is COC(=O)c1ccccc1Oc1ccc(Br)cc1[N+](=O)[O-]. The maximum Gasteiger partial charge on any atom is 0.341 e. The van der Waals surface area contributed by atoms with Gasteiger partial charge in [-0.2, -0.15) is 0 Å². The summed E-state index contributed by atoms with van der Waals surface area (Å²) < 4.78 is 10.7. The summed E-state index contributed by atoms with van der Waals surface area (Å²) in [6.45, 7) is 0. The third-order valence-corrected chi connectivity index (χ3v) is 3.12. The van der Waals surface area contributed by atoms with Gasteiger partial charge in [0.25, 0.3) is 0 Å². The lowest BCUT2D eigenvalue weighted by atomic mass is 10.2. The van der Waals surface area contributed by atoms with Crippen LogP contribution in [0.3, 0.4) is 0 Å². The van der Waals surface area contributed by atoms with Gasteiger partial charge in [-0.15, -0.1) is 0 Å². The minimum absolute atomic E-state index is 0.0413. The number of nitro groups is 1. The Labute approximate surface area is 128 Å². The van der Waals surface area contributed by atoms with E-state index in [0.717, 1.165) is 0 Å². The summed E-state index contributed by atoms with van der Waals surface area (Å²) in [7, 11) is 1.25. The highest BCUT2D eigenvalue weighted by Crippen LogP contribution is 2.35. The van der Waals surface area contributed by atoms with Crippen LogP contribution < -0.4 is 4.74 Å². The molecule has 0 aliphatic rings. The molecule has 0 spiro atoms. The Kier molecular flexibility index (Phi) is 4.54. The van der Waals surface area contributed by atoms with Crippen molar-refractivity contribution in [2.75, 3.05) is 7.11 Å². The van der Waals surface area contributed by atoms with E-state index in [1.54, 1.807) is 18.2 Å². The molecular weight excluding hydrogens is 342 g/mol. The predicted octanol–water partition coefficient (Wildman–Crippen LogP) is 3.94. The van der Waals surface area contributed by atoms with Crippen LogP contribution in [0.25, 0.3) is 0 Å². The number of methoxy groups -OCH3 is 1. The molecule has 0 fully saturated rings. The Hall–Kier alpha value is -2.41. The highest BCUT2D eigenvalue weighted by Gasteiger charge is 2.19. The van der Waals surface area contributed by atoms with Gasteiger partial charge < -0.3 is 9.47 Å². The number of rotatable bonds is 4. The lowest BCUT2D eigenvalue weighted by molar-refractivity contribution is -0.385. The van der Waals surface area contributed by atoms with Gasteiger partial charge in [0, 0.05) is 10.5 Å². The zero-order valence-electron chi connectivity index (χ0n) is 10.9. The molecule has 108 valence electrons. The van der Waals surface area contributed by atoms with Crippen LogP contribution in [-0.2, 0) is 4.74 Å². The molecule has 0 heterocycles. The lowest BCUT2D eigenvalue weighted by Gasteiger charge is -2.10. The van der Waals surface area contributed by atoms with Crippen molar-refractivity contribution in [3.05, 3.63) is 62.6 Å². The average molecular weight is 352 g/mol. The van der Waals surface area contributed by atoms with Gasteiger partial charge >= 0.3 is 11.7 Å². The molecule has 0 N–H and O–H groups in total.